The van der Waals surface area contributed by atoms with E-state index in [0.29, 0.717) is 43.7 Å². The summed E-state index contributed by atoms with van der Waals surface area (Å²) < 4.78 is 0. The molecule has 5 heteroatoms. The van der Waals surface area contributed by atoms with Crippen molar-refractivity contribution < 1.29 is 9.59 Å². The van der Waals surface area contributed by atoms with Gasteiger partial charge >= 0.3 is 0 Å². The van der Waals surface area contributed by atoms with Crippen LogP contribution in [0.3, 0.4) is 0 Å². The maximum absolute atomic E-state index is 12.6. The van der Waals surface area contributed by atoms with Crippen molar-refractivity contribution >= 4 is 11.8 Å². The topological polar surface area (TPSA) is 64.4 Å². The first-order valence-corrected chi connectivity index (χ1v) is 8.69. The molecule has 1 heterocycles. The first-order valence-electron chi connectivity index (χ1n) is 8.69. The number of nitriles is 1. The summed E-state index contributed by atoms with van der Waals surface area (Å²) in [6.45, 7) is 4.11. The van der Waals surface area contributed by atoms with Crippen molar-refractivity contribution in [3.8, 4) is 6.07 Å². The lowest BCUT2D eigenvalue weighted by Gasteiger charge is -2.35. The second-order valence-corrected chi connectivity index (χ2v) is 6.53. The number of amides is 2. The monoisotopic (exact) mass is 347 g/mol. The third kappa shape index (κ3) is 4.09. The van der Waals surface area contributed by atoms with Gasteiger partial charge in [0, 0.05) is 31.7 Å². The molecule has 0 aromatic heterocycles. The molecule has 26 heavy (non-hydrogen) atoms. The van der Waals surface area contributed by atoms with Crippen LogP contribution < -0.4 is 0 Å². The van der Waals surface area contributed by atoms with Crippen molar-refractivity contribution in [3.05, 3.63) is 70.8 Å². The normalized spacial score (nSPS) is 14.0. The SMILES string of the molecule is Cc1ccc(CC(=O)N2CCN(C(=O)c3cccc(C#N)c3)CC2)cc1. The van der Waals surface area contributed by atoms with Gasteiger partial charge in [0.15, 0.2) is 0 Å². The van der Waals surface area contributed by atoms with Gasteiger partial charge in [0.2, 0.25) is 5.91 Å². The molecule has 2 amide bonds. The summed E-state index contributed by atoms with van der Waals surface area (Å²) in [5, 5.41) is 8.97. The van der Waals surface area contributed by atoms with E-state index in [0.717, 1.165) is 5.56 Å². The number of rotatable bonds is 3. The van der Waals surface area contributed by atoms with Gasteiger partial charge in [0.1, 0.15) is 0 Å². The molecular weight excluding hydrogens is 326 g/mol. The number of carbonyl (C=O) groups is 2. The van der Waals surface area contributed by atoms with Crippen LogP contribution in [0.4, 0.5) is 0 Å². The smallest absolute Gasteiger partial charge is 0.254 e. The molecule has 0 bridgehead atoms. The molecule has 0 aliphatic carbocycles. The Labute approximate surface area is 153 Å². The average Bonchev–Trinajstić information content (AvgIpc) is 2.69. The van der Waals surface area contributed by atoms with Crippen molar-refractivity contribution in [2.75, 3.05) is 26.2 Å². The van der Waals surface area contributed by atoms with Crippen LogP contribution in [0.15, 0.2) is 48.5 Å². The minimum absolute atomic E-state index is 0.0901. The van der Waals surface area contributed by atoms with Crippen LogP contribution in [0.1, 0.15) is 27.0 Å². The molecule has 0 unspecified atom stereocenters. The largest absolute Gasteiger partial charge is 0.339 e. The lowest BCUT2D eigenvalue weighted by atomic mass is 10.1. The molecule has 1 fully saturated rings. The molecule has 0 atom stereocenters. The lowest BCUT2D eigenvalue weighted by molar-refractivity contribution is -0.131. The zero-order valence-corrected chi connectivity index (χ0v) is 14.8. The molecule has 0 N–H and O–H groups in total. The predicted molar refractivity (Wildman–Crippen MR) is 98.5 cm³/mol. The molecule has 5 nitrogen and oxygen atoms in total. The Morgan fingerprint density at radius 1 is 1.00 bits per heavy atom. The van der Waals surface area contributed by atoms with Gasteiger partial charge in [-0.2, -0.15) is 5.26 Å². The molecule has 132 valence electrons. The molecule has 3 rings (SSSR count). The van der Waals surface area contributed by atoms with E-state index in [1.807, 2.05) is 36.1 Å². The summed E-state index contributed by atoms with van der Waals surface area (Å²) in [5.74, 6) is 0.000151. The first-order chi connectivity index (χ1) is 12.6. The Balaban J connectivity index is 1.56. The van der Waals surface area contributed by atoms with E-state index in [4.69, 9.17) is 5.26 Å². The van der Waals surface area contributed by atoms with Crippen molar-refractivity contribution in [3.63, 3.8) is 0 Å². The van der Waals surface area contributed by atoms with Crippen molar-refractivity contribution in [1.29, 1.82) is 5.26 Å². The summed E-state index contributed by atoms with van der Waals surface area (Å²) in [4.78, 5) is 28.6. The fraction of sp³-hybridized carbons (Fsp3) is 0.286. The van der Waals surface area contributed by atoms with Gasteiger partial charge in [-0.15, -0.1) is 0 Å². The minimum atomic E-state index is -0.0901. The molecule has 1 aliphatic heterocycles. The van der Waals surface area contributed by atoms with Crippen LogP contribution in [0.2, 0.25) is 0 Å². The van der Waals surface area contributed by atoms with Crippen molar-refractivity contribution in [2.45, 2.75) is 13.3 Å². The van der Waals surface area contributed by atoms with Crippen LogP contribution in [0.5, 0.6) is 0 Å². The van der Waals surface area contributed by atoms with Gasteiger partial charge in [0.25, 0.3) is 5.91 Å². The zero-order chi connectivity index (χ0) is 18.5. The maximum atomic E-state index is 12.6. The van der Waals surface area contributed by atoms with Gasteiger partial charge in [-0.25, -0.2) is 0 Å². The van der Waals surface area contributed by atoms with Crippen LogP contribution in [-0.2, 0) is 11.2 Å². The van der Waals surface area contributed by atoms with E-state index in [1.165, 1.54) is 5.56 Å². The van der Waals surface area contributed by atoms with E-state index < -0.39 is 0 Å². The summed E-state index contributed by atoms with van der Waals surface area (Å²) in [6.07, 6.45) is 0.387. The molecular formula is C21H21N3O2. The highest BCUT2D eigenvalue weighted by atomic mass is 16.2. The quantitative estimate of drug-likeness (QED) is 0.856. The highest BCUT2D eigenvalue weighted by Gasteiger charge is 2.24. The Kier molecular flexibility index (Phi) is 5.33. The number of piperazine rings is 1. The number of aryl methyl sites for hydroxylation is 1. The summed E-state index contributed by atoms with van der Waals surface area (Å²) in [7, 11) is 0. The van der Waals surface area contributed by atoms with E-state index in [9.17, 15) is 9.59 Å². The number of nitrogens with zero attached hydrogens (tertiary/aromatic N) is 3. The fourth-order valence-electron chi connectivity index (χ4n) is 3.06. The minimum Gasteiger partial charge on any atom is -0.339 e. The van der Waals surface area contributed by atoms with E-state index >= 15 is 0 Å². The van der Waals surface area contributed by atoms with Crippen LogP contribution in [0, 0.1) is 18.3 Å². The van der Waals surface area contributed by atoms with Crippen molar-refractivity contribution in [1.82, 2.24) is 9.80 Å². The molecule has 2 aromatic rings. The summed E-state index contributed by atoms with van der Waals surface area (Å²) >= 11 is 0. The third-order valence-corrected chi connectivity index (χ3v) is 4.63. The van der Waals surface area contributed by atoms with Gasteiger partial charge in [-0.3, -0.25) is 9.59 Å². The predicted octanol–water partition coefficient (Wildman–Crippen LogP) is 2.39. The Hall–Kier alpha value is -3.13. The first kappa shape index (κ1) is 17.7. The van der Waals surface area contributed by atoms with Crippen molar-refractivity contribution in [2.24, 2.45) is 0 Å². The second-order valence-electron chi connectivity index (χ2n) is 6.53. The summed E-state index contributed by atoms with van der Waals surface area (Å²) in [5.41, 5.74) is 3.17. The van der Waals surface area contributed by atoms with Gasteiger partial charge in [-0.05, 0) is 30.7 Å². The fourth-order valence-corrected chi connectivity index (χ4v) is 3.06. The van der Waals surface area contributed by atoms with Gasteiger partial charge in [-0.1, -0.05) is 35.9 Å². The second kappa shape index (κ2) is 7.83. The molecule has 2 aromatic carbocycles. The summed E-state index contributed by atoms with van der Waals surface area (Å²) in [6, 6.07) is 16.8. The molecule has 0 saturated carbocycles. The molecule has 0 spiro atoms. The zero-order valence-electron chi connectivity index (χ0n) is 14.8. The van der Waals surface area contributed by atoms with Gasteiger partial charge in [0.05, 0.1) is 18.1 Å². The van der Waals surface area contributed by atoms with Crippen LogP contribution in [-0.4, -0.2) is 47.8 Å². The number of benzene rings is 2. The highest BCUT2D eigenvalue weighted by Crippen LogP contribution is 2.12. The molecule has 1 aliphatic rings. The van der Waals surface area contributed by atoms with Crippen LogP contribution in [0.25, 0.3) is 0 Å². The van der Waals surface area contributed by atoms with E-state index in [-0.39, 0.29) is 11.8 Å². The average molecular weight is 347 g/mol. The van der Waals surface area contributed by atoms with Crippen LogP contribution >= 0.6 is 0 Å². The molecule has 0 radical (unpaired) electrons. The lowest BCUT2D eigenvalue weighted by Crippen LogP contribution is -2.51. The van der Waals surface area contributed by atoms with E-state index in [1.54, 1.807) is 29.2 Å². The third-order valence-electron chi connectivity index (χ3n) is 4.63. The Bertz CT molecular complexity index is 844. The Morgan fingerprint density at radius 2 is 1.65 bits per heavy atom. The number of hydrogen-bond donors (Lipinski definition) is 0. The Morgan fingerprint density at radius 3 is 2.31 bits per heavy atom. The number of carbonyl (C=O) groups excluding carboxylic acids is 2. The van der Waals surface area contributed by atoms with Gasteiger partial charge < -0.3 is 9.80 Å². The van der Waals surface area contributed by atoms with E-state index in [2.05, 4.69) is 6.07 Å². The highest BCUT2D eigenvalue weighted by molar-refractivity contribution is 5.94. The standard InChI is InChI=1S/C21H21N3O2/c1-16-5-7-17(8-6-16)14-20(25)23-9-11-24(12-10-23)21(26)19-4-2-3-18(13-19)15-22/h2-8,13H,9-12,14H2,1H3. The molecule has 1 saturated heterocycles. The maximum Gasteiger partial charge on any atom is 0.254 e. The number of hydrogen-bond acceptors (Lipinski definition) is 3.